The Labute approximate surface area is 66.7 Å². The first-order valence-electron chi connectivity index (χ1n) is 4.07. The molecule has 2 nitrogen and oxygen atoms in total. The number of hydrogen-bond acceptors (Lipinski definition) is 2. The SMILES string of the molecule is Cc1ccnc(C2CC2C)n1. The summed E-state index contributed by atoms with van der Waals surface area (Å²) in [6.07, 6.45) is 3.12. The van der Waals surface area contributed by atoms with Crippen LogP contribution in [-0.2, 0) is 0 Å². The predicted molar refractivity (Wildman–Crippen MR) is 43.3 cm³/mol. The molecule has 0 aromatic carbocycles. The van der Waals surface area contributed by atoms with E-state index in [-0.39, 0.29) is 0 Å². The smallest absolute Gasteiger partial charge is 0.131 e. The Morgan fingerprint density at radius 3 is 2.82 bits per heavy atom. The number of aromatic nitrogens is 2. The predicted octanol–water partition coefficient (Wildman–Crippen LogP) is 1.91. The second-order valence-electron chi connectivity index (χ2n) is 3.38. The third kappa shape index (κ3) is 1.25. The van der Waals surface area contributed by atoms with Gasteiger partial charge in [0, 0.05) is 17.8 Å². The lowest BCUT2D eigenvalue weighted by molar-refractivity contribution is 0.832. The Morgan fingerprint density at radius 2 is 2.27 bits per heavy atom. The molecule has 1 heterocycles. The quantitative estimate of drug-likeness (QED) is 0.608. The van der Waals surface area contributed by atoms with E-state index in [1.165, 1.54) is 6.42 Å². The molecule has 1 saturated carbocycles. The van der Waals surface area contributed by atoms with Crippen molar-refractivity contribution < 1.29 is 0 Å². The average molecular weight is 148 g/mol. The van der Waals surface area contributed by atoms with E-state index in [1.807, 2.05) is 19.2 Å². The molecule has 1 aromatic rings. The van der Waals surface area contributed by atoms with E-state index >= 15 is 0 Å². The molecule has 1 fully saturated rings. The largest absolute Gasteiger partial charge is 0.241 e. The minimum absolute atomic E-state index is 0.648. The molecule has 2 heteroatoms. The van der Waals surface area contributed by atoms with Gasteiger partial charge >= 0.3 is 0 Å². The third-order valence-electron chi connectivity index (χ3n) is 2.25. The molecule has 0 spiro atoms. The van der Waals surface area contributed by atoms with Crippen LogP contribution in [0.2, 0.25) is 0 Å². The van der Waals surface area contributed by atoms with Gasteiger partial charge in [0.2, 0.25) is 0 Å². The molecule has 0 N–H and O–H groups in total. The minimum atomic E-state index is 0.648. The first-order valence-corrected chi connectivity index (χ1v) is 4.07. The highest BCUT2D eigenvalue weighted by molar-refractivity contribution is 5.11. The lowest BCUT2D eigenvalue weighted by Gasteiger charge is -1.96. The summed E-state index contributed by atoms with van der Waals surface area (Å²) in [5, 5.41) is 0. The fraction of sp³-hybridized carbons (Fsp3) is 0.556. The van der Waals surface area contributed by atoms with Crippen LogP contribution in [0.15, 0.2) is 12.3 Å². The highest BCUT2D eigenvalue weighted by Gasteiger charge is 2.36. The van der Waals surface area contributed by atoms with E-state index in [9.17, 15) is 0 Å². The highest BCUT2D eigenvalue weighted by atomic mass is 14.9. The summed E-state index contributed by atoms with van der Waals surface area (Å²) in [4.78, 5) is 8.62. The van der Waals surface area contributed by atoms with Gasteiger partial charge in [0.05, 0.1) is 0 Å². The maximum absolute atomic E-state index is 4.37. The molecule has 1 aliphatic carbocycles. The molecule has 0 radical (unpaired) electrons. The Hall–Kier alpha value is -0.920. The van der Waals surface area contributed by atoms with Crippen molar-refractivity contribution >= 4 is 0 Å². The van der Waals surface area contributed by atoms with Crippen LogP contribution in [0.1, 0.15) is 30.8 Å². The molecule has 11 heavy (non-hydrogen) atoms. The zero-order valence-corrected chi connectivity index (χ0v) is 6.91. The first kappa shape index (κ1) is 6.77. The second kappa shape index (κ2) is 2.29. The molecule has 1 aliphatic rings. The highest BCUT2D eigenvalue weighted by Crippen LogP contribution is 2.45. The summed E-state index contributed by atoms with van der Waals surface area (Å²) in [7, 11) is 0. The Kier molecular flexibility index (Phi) is 1.41. The number of rotatable bonds is 1. The van der Waals surface area contributed by atoms with Gasteiger partial charge in [-0.2, -0.15) is 0 Å². The fourth-order valence-electron chi connectivity index (χ4n) is 1.33. The van der Waals surface area contributed by atoms with Gasteiger partial charge in [-0.3, -0.25) is 0 Å². The molecule has 1 aromatic heterocycles. The van der Waals surface area contributed by atoms with E-state index in [1.54, 1.807) is 0 Å². The van der Waals surface area contributed by atoms with Crippen molar-refractivity contribution in [1.29, 1.82) is 0 Å². The molecule has 0 bridgehead atoms. The van der Waals surface area contributed by atoms with Gasteiger partial charge in [0.25, 0.3) is 0 Å². The second-order valence-corrected chi connectivity index (χ2v) is 3.38. The standard InChI is InChI=1S/C9H12N2/c1-6-5-8(6)9-10-4-3-7(2)11-9/h3-4,6,8H,5H2,1-2H3. The molecule has 0 saturated heterocycles. The van der Waals surface area contributed by atoms with Crippen molar-refractivity contribution in [3.63, 3.8) is 0 Å². The summed E-state index contributed by atoms with van der Waals surface area (Å²) in [5.41, 5.74) is 1.08. The van der Waals surface area contributed by atoms with Gasteiger partial charge in [-0.1, -0.05) is 6.92 Å². The van der Waals surface area contributed by atoms with Crippen LogP contribution in [0, 0.1) is 12.8 Å². The van der Waals surface area contributed by atoms with Gasteiger partial charge in [-0.25, -0.2) is 9.97 Å². The van der Waals surface area contributed by atoms with Crippen molar-refractivity contribution in [1.82, 2.24) is 9.97 Å². The van der Waals surface area contributed by atoms with Gasteiger partial charge in [-0.05, 0) is 25.3 Å². The molecule has 58 valence electrons. The summed E-state index contributed by atoms with van der Waals surface area (Å²) >= 11 is 0. The summed E-state index contributed by atoms with van der Waals surface area (Å²) in [6, 6.07) is 1.94. The Balaban J connectivity index is 2.25. The van der Waals surface area contributed by atoms with Crippen molar-refractivity contribution in [2.75, 3.05) is 0 Å². The molecular weight excluding hydrogens is 136 g/mol. The van der Waals surface area contributed by atoms with Gasteiger partial charge in [-0.15, -0.1) is 0 Å². The summed E-state index contributed by atoms with van der Waals surface area (Å²) < 4.78 is 0. The molecule has 2 atom stereocenters. The van der Waals surface area contributed by atoms with Crippen molar-refractivity contribution in [3.05, 3.63) is 23.8 Å². The molecule has 0 amide bonds. The van der Waals surface area contributed by atoms with Crippen LogP contribution in [0.5, 0.6) is 0 Å². The topological polar surface area (TPSA) is 25.8 Å². The number of hydrogen-bond donors (Lipinski definition) is 0. The van der Waals surface area contributed by atoms with Crippen molar-refractivity contribution in [2.45, 2.75) is 26.2 Å². The van der Waals surface area contributed by atoms with E-state index in [0.717, 1.165) is 17.4 Å². The van der Waals surface area contributed by atoms with Crippen LogP contribution in [0.4, 0.5) is 0 Å². The third-order valence-corrected chi connectivity index (χ3v) is 2.25. The van der Waals surface area contributed by atoms with Crippen LogP contribution in [-0.4, -0.2) is 9.97 Å². The van der Waals surface area contributed by atoms with Crippen LogP contribution in [0.25, 0.3) is 0 Å². The van der Waals surface area contributed by atoms with Gasteiger partial charge in [0.15, 0.2) is 0 Å². The normalized spacial score (nSPS) is 28.5. The lowest BCUT2D eigenvalue weighted by atomic mass is 10.3. The van der Waals surface area contributed by atoms with E-state index < -0.39 is 0 Å². The molecular formula is C9H12N2. The van der Waals surface area contributed by atoms with E-state index in [0.29, 0.717) is 5.92 Å². The van der Waals surface area contributed by atoms with Gasteiger partial charge in [0.1, 0.15) is 5.82 Å². The molecule has 2 unspecified atom stereocenters. The van der Waals surface area contributed by atoms with Crippen molar-refractivity contribution in [2.24, 2.45) is 5.92 Å². The zero-order chi connectivity index (χ0) is 7.84. The number of nitrogens with zero attached hydrogens (tertiary/aromatic N) is 2. The monoisotopic (exact) mass is 148 g/mol. The average Bonchev–Trinajstić information content (AvgIpc) is 2.67. The Bertz CT molecular complexity index is 270. The maximum atomic E-state index is 4.37. The summed E-state index contributed by atoms with van der Waals surface area (Å²) in [6.45, 7) is 4.26. The van der Waals surface area contributed by atoms with Crippen molar-refractivity contribution in [3.8, 4) is 0 Å². The lowest BCUT2D eigenvalue weighted by Crippen LogP contribution is -1.93. The summed E-state index contributed by atoms with van der Waals surface area (Å²) in [5.74, 6) is 2.49. The van der Waals surface area contributed by atoms with Crippen LogP contribution < -0.4 is 0 Å². The minimum Gasteiger partial charge on any atom is -0.241 e. The van der Waals surface area contributed by atoms with Gasteiger partial charge < -0.3 is 0 Å². The molecule has 2 rings (SSSR count). The Morgan fingerprint density at radius 1 is 1.55 bits per heavy atom. The number of aryl methyl sites for hydroxylation is 1. The van der Waals surface area contributed by atoms with Crippen LogP contribution in [0.3, 0.4) is 0 Å². The molecule has 0 aliphatic heterocycles. The van der Waals surface area contributed by atoms with E-state index in [4.69, 9.17) is 0 Å². The first-order chi connectivity index (χ1) is 5.27. The van der Waals surface area contributed by atoms with E-state index in [2.05, 4.69) is 16.9 Å². The maximum Gasteiger partial charge on any atom is 0.131 e. The zero-order valence-electron chi connectivity index (χ0n) is 6.91. The fourth-order valence-corrected chi connectivity index (χ4v) is 1.33. The van der Waals surface area contributed by atoms with Crippen LogP contribution >= 0.6 is 0 Å².